The Kier molecular flexibility index (Phi) is 4.62. The van der Waals surface area contributed by atoms with E-state index in [0.717, 1.165) is 6.42 Å². The molecule has 2 bridgehead atoms. The maximum atomic E-state index is 12.6. The molecular weight excluding hydrogens is 346 g/mol. The predicted molar refractivity (Wildman–Crippen MR) is 84.2 cm³/mol. The van der Waals surface area contributed by atoms with Crippen LogP contribution in [0.15, 0.2) is 12.2 Å². The van der Waals surface area contributed by atoms with Crippen molar-refractivity contribution in [2.75, 3.05) is 19.8 Å². The molecule has 0 unspecified atom stereocenters. The number of ether oxygens (including phenoxy) is 2. The number of fused-ring (bicyclic) bond motifs is 5. The van der Waals surface area contributed by atoms with E-state index in [9.17, 15) is 24.9 Å². The quantitative estimate of drug-likeness (QED) is 0.311. The number of hydrogen-bond donors (Lipinski definition) is 4. The highest BCUT2D eigenvalue weighted by Gasteiger charge is 2.59. The van der Waals surface area contributed by atoms with Crippen molar-refractivity contribution in [2.24, 2.45) is 23.7 Å². The summed E-state index contributed by atoms with van der Waals surface area (Å²) in [5.74, 6) is -0.645. The van der Waals surface area contributed by atoms with E-state index in [2.05, 4.69) is 0 Å². The Morgan fingerprint density at radius 2 is 1.65 bits per heavy atom. The fourth-order valence-corrected chi connectivity index (χ4v) is 4.65. The van der Waals surface area contributed by atoms with Crippen LogP contribution in [0.5, 0.6) is 0 Å². The second kappa shape index (κ2) is 6.66. The summed E-state index contributed by atoms with van der Waals surface area (Å²) in [6, 6.07) is 0. The van der Waals surface area contributed by atoms with Crippen LogP contribution in [-0.2, 0) is 19.1 Å². The zero-order valence-corrected chi connectivity index (χ0v) is 14.0. The van der Waals surface area contributed by atoms with Gasteiger partial charge < -0.3 is 29.9 Å². The molecule has 2 aliphatic heterocycles. The Hall–Kier alpha value is -1.36. The lowest BCUT2D eigenvalue weighted by atomic mass is 9.85. The van der Waals surface area contributed by atoms with Crippen molar-refractivity contribution >= 4 is 11.8 Å². The Morgan fingerprint density at radius 3 is 2.23 bits per heavy atom. The van der Waals surface area contributed by atoms with E-state index < -0.39 is 37.3 Å². The second-order valence-electron chi connectivity index (χ2n) is 7.40. The lowest BCUT2D eigenvalue weighted by Gasteiger charge is -2.39. The van der Waals surface area contributed by atoms with E-state index in [4.69, 9.17) is 14.6 Å². The molecule has 144 valence electrons. The molecule has 3 fully saturated rings. The highest BCUT2D eigenvalue weighted by Crippen LogP contribution is 2.52. The topological polar surface area (TPSA) is 137 Å². The molecular formula is C17H23NO8. The van der Waals surface area contributed by atoms with Gasteiger partial charge in [-0.25, -0.2) is 0 Å². The Bertz CT molecular complexity index is 592. The number of carbonyl (C=O) groups excluding carboxylic acids is 2. The summed E-state index contributed by atoms with van der Waals surface area (Å²) >= 11 is 0. The molecule has 0 spiro atoms. The number of nitrogens with zero attached hydrogens (tertiary/aromatic N) is 1. The third kappa shape index (κ3) is 2.62. The average Bonchev–Trinajstić information content (AvgIpc) is 3.31. The smallest absolute Gasteiger partial charge is 0.233 e. The summed E-state index contributed by atoms with van der Waals surface area (Å²) in [5.41, 5.74) is 0. The summed E-state index contributed by atoms with van der Waals surface area (Å²) in [4.78, 5) is 26.3. The highest BCUT2D eigenvalue weighted by molar-refractivity contribution is 6.06. The van der Waals surface area contributed by atoms with Crippen molar-refractivity contribution in [2.45, 2.75) is 37.1 Å². The first-order valence-corrected chi connectivity index (χ1v) is 8.89. The van der Waals surface area contributed by atoms with Gasteiger partial charge in [0.1, 0.15) is 24.4 Å². The normalized spacial score (nSPS) is 47.1. The van der Waals surface area contributed by atoms with Crippen molar-refractivity contribution in [1.29, 1.82) is 0 Å². The minimum Gasteiger partial charge on any atom is -0.394 e. The molecule has 4 aliphatic rings. The van der Waals surface area contributed by atoms with Crippen LogP contribution in [0, 0.1) is 23.7 Å². The van der Waals surface area contributed by atoms with Crippen LogP contribution in [0.25, 0.3) is 0 Å². The third-order valence-electron chi connectivity index (χ3n) is 6.01. The maximum Gasteiger partial charge on any atom is 0.233 e. The van der Waals surface area contributed by atoms with Crippen LogP contribution in [-0.4, -0.2) is 87.6 Å². The SMILES string of the molecule is O=C1[C@@H]2[C@H](C(=O)N1CCO[C@H]1O[C@H](CO)[C@@H](O)[C@H](O)[C@@H]1O)[C@H]1C=C[C@@H]2C1. The van der Waals surface area contributed by atoms with E-state index in [1.807, 2.05) is 12.2 Å². The van der Waals surface area contributed by atoms with E-state index in [1.54, 1.807) is 0 Å². The van der Waals surface area contributed by atoms with Gasteiger partial charge in [0.25, 0.3) is 0 Å². The molecule has 0 aromatic rings. The number of imide groups is 1. The molecule has 2 heterocycles. The van der Waals surface area contributed by atoms with Crippen LogP contribution in [0.3, 0.4) is 0 Å². The zero-order valence-electron chi connectivity index (χ0n) is 14.0. The molecule has 2 saturated heterocycles. The number of aliphatic hydroxyl groups excluding tert-OH is 4. The van der Waals surface area contributed by atoms with Gasteiger partial charge in [0, 0.05) is 0 Å². The zero-order chi connectivity index (χ0) is 18.6. The van der Waals surface area contributed by atoms with Gasteiger partial charge in [-0.15, -0.1) is 0 Å². The summed E-state index contributed by atoms with van der Waals surface area (Å²) in [7, 11) is 0. The van der Waals surface area contributed by atoms with Gasteiger partial charge in [0.05, 0.1) is 31.6 Å². The number of amides is 2. The monoisotopic (exact) mass is 369 g/mol. The van der Waals surface area contributed by atoms with Crippen molar-refractivity contribution < 1.29 is 39.5 Å². The third-order valence-corrected chi connectivity index (χ3v) is 6.01. The maximum absolute atomic E-state index is 12.6. The van der Waals surface area contributed by atoms with Gasteiger partial charge in [-0.05, 0) is 18.3 Å². The van der Waals surface area contributed by atoms with Crippen LogP contribution in [0.1, 0.15) is 6.42 Å². The summed E-state index contributed by atoms with van der Waals surface area (Å²) in [6.07, 6.45) is -1.92. The molecule has 9 heteroatoms. The first kappa shape index (κ1) is 18.0. The average molecular weight is 369 g/mol. The summed E-state index contributed by atoms with van der Waals surface area (Å²) in [6.45, 7) is -0.603. The van der Waals surface area contributed by atoms with E-state index in [0.29, 0.717) is 0 Å². The van der Waals surface area contributed by atoms with Crippen LogP contribution >= 0.6 is 0 Å². The van der Waals surface area contributed by atoms with Crippen LogP contribution in [0.4, 0.5) is 0 Å². The van der Waals surface area contributed by atoms with E-state index >= 15 is 0 Å². The van der Waals surface area contributed by atoms with E-state index in [1.165, 1.54) is 4.90 Å². The number of allylic oxidation sites excluding steroid dienone is 2. The molecule has 1 saturated carbocycles. The van der Waals surface area contributed by atoms with E-state index in [-0.39, 0.29) is 48.6 Å². The largest absolute Gasteiger partial charge is 0.394 e. The molecule has 4 N–H and O–H groups in total. The molecule has 9 atom stereocenters. The van der Waals surface area contributed by atoms with Gasteiger partial charge in [0.2, 0.25) is 11.8 Å². The molecule has 26 heavy (non-hydrogen) atoms. The molecule has 9 nitrogen and oxygen atoms in total. The fourth-order valence-electron chi connectivity index (χ4n) is 4.65. The number of carbonyl (C=O) groups is 2. The van der Waals surface area contributed by atoms with Gasteiger partial charge in [-0.3, -0.25) is 14.5 Å². The molecule has 2 amide bonds. The number of aliphatic hydroxyl groups is 4. The summed E-state index contributed by atoms with van der Waals surface area (Å²) in [5, 5.41) is 38.6. The first-order chi connectivity index (χ1) is 12.4. The Morgan fingerprint density at radius 1 is 1.04 bits per heavy atom. The molecule has 0 radical (unpaired) electrons. The van der Waals surface area contributed by atoms with Gasteiger partial charge >= 0.3 is 0 Å². The fraction of sp³-hybridized carbons (Fsp3) is 0.765. The van der Waals surface area contributed by atoms with Gasteiger partial charge in [-0.2, -0.15) is 0 Å². The molecule has 0 aromatic heterocycles. The second-order valence-corrected chi connectivity index (χ2v) is 7.40. The van der Waals surface area contributed by atoms with Crippen molar-refractivity contribution in [3.63, 3.8) is 0 Å². The Labute approximate surface area is 149 Å². The van der Waals surface area contributed by atoms with Crippen LogP contribution < -0.4 is 0 Å². The number of hydrogen-bond acceptors (Lipinski definition) is 8. The van der Waals surface area contributed by atoms with Gasteiger partial charge in [0.15, 0.2) is 6.29 Å². The van der Waals surface area contributed by atoms with Crippen molar-refractivity contribution in [1.82, 2.24) is 4.90 Å². The predicted octanol–water partition coefficient (Wildman–Crippen LogP) is -2.39. The standard InChI is InChI=1S/C17H23NO8/c19-6-9-12(20)13(21)14(22)17(26-9)25-4-3-18-15(23)10-7-1-2-8(5-7)11(10)16(18)24/h1-2,7-14,17,19-22H,3-6H2/t7-,8+,9-,10+,11-,12-,13+,14+,17+/m1/s1. The molecule has 4 rings (SSSR count). The first-order valence-electron chi connectivity index (χ1n) is 8.89. The minimum absolute atomic E-state index is 0.0269. The lowest BCUT2D eigenvalue weighted by Crippen LogP contribution is -2.59. The number of rotatable bonds is 5. The van der Waals surface area contributed by atoms with Gasteiger partial charge in [-0.1, -0.05) is 12.2 Å². The highest BCUT2D eigenvalue weighted by atomic mass is 16.7. The Balaban J connectivity index is 1.34. The minimum atomic E-state index is -1.53. The molecule has 0 aromatic carbocycles. The summed E-state index contributed by atoms with van der Waals surface area (Å²) < 4.78 is 10.6. The van der Waals surface area contributed by atoms with Crippen LogP contribution in [0.2, 0.25) is 0 Å². The van der Waals surface area contributed by atoms with Crippen molar-refractivity contribution in [3.05, 3.63) is 12.2 Å². The lowest BCUT2D eigenvalue weighted by molar-refractivity contribution is -0.301. The number of likely N-dealkylation sites (tertiary alicyclic amines) is 1. The molecule has 2 aliphatic carbocycles. The van der Waals surface area contributed by atoms with Crippen molar-refractivity contribution in [3.8, 4) is 0 Å².